The lowest BCUT2D eigenvalue weighted by Crippen LogP contribution is -2.28. The molecule has 0 aliphatic heterocycles. The van der Waals surface area contributed by atoms with Crippen molar-refractivity contribution < 1.29 is 4.79 Å². The number of hydrogen-bond donors (Lipinski definition) is 2. The van der Waals surface area contributed by atoms with E-state index in [1.807, 2.05) is 0 Å². The van der Waals surface area contributed by atoms with Gasteiger partial charge in [0.2, 0.25) is 0 Å². The molecular formula is C19H24N2O. The van der Waals surface area contributed by atoms with Crippen LogP contribution in [0.1, 0.15) is 37.9 Å². The standard InChI is InChI=1S/C19H24N2O/c1-13-16(17-6-4-5-7-18(17)21-13)8-9-20-14-10-15(22)12-19(2,3)11-14/h4-7,10,20-21H,8-9,11-12H2,1-3H3. The Balaban J connectivity index is 1.68. The van der Waals surface area contributed by atoms with Crippen LogP contribution in [0, 0.1) is 12.3 Å². The summed E-state index contributed by atoms with van der Waals surface area (Å²) in [5, 5.41) is 4.77. The van der Waals surface area contributed by atoms with Crippen molar-refractivity contribution in [3.05, 3.63) is 47.3 Å². The van der Waals surface area contributed by atoms with Crippen LogP contribution in [-0.4, -0.2) is 17.3 Å². The number of aromatic amines is 1. The molecule has 0 atom stereocenters. The van der Waals surface area contributed by atoms with Crippen LogP contribution in [0.4, 0.5) is 0 Å². The minimum Gasteiger partial charge on any atom is -0.388 e. The van der Waals surface area contributed by atoms with E-state index in [4.69, 9.17) is 0 Å². The number of nitrogens with one attached hydrogen (secondary N) is 2. The zero-order valence-corrected chi connectivity index (χ0v) is 13.6. The Morgan fingerprint density at radius 2 is 2.00 bits per heavy atom. The Morgan fingerprint density at radius 3 is 2.77 bits per heavy atom. The first-order valence-corrected chi connectivity index (χ1v) is 7.98. The summed E-state index contributed by atoms with van der Waals surface area (Å²) in [6, 6.07) is 8.42. The van der Waals surface area contributed by atoms with Crippen LogP contribution in [0.5, 0.6) is 0 Å². The van der Waals surface area contributed by atoms with Crippen LogP contribution in [0.2, 0.25) is 0 Å². The number of rotatable bonds is 4. The van der Waals surface area contributed by atoms with Crippen molar-refractivity contribution >= 4 is 16.7 Å². The van der Waals surface area contributed by atoms with Gasteiger partial charge in [0.1, 0.15) is 0 Å². The van der Waals surface area contributed by atoms with Crippen LogP contribution in [0.3, 0.4) is 0 Å². The number of ketones is 1. The van der Waals surface area contributed by atoms with Gasteiger partial charge in [-0.25, -0.2) is 0 Å². The summed E-state index contributed by atoms with van der Waals surface area (Å²) >= 11 is 0. The molecule has 3 rings (SSSR count). The van der Waals surface area contributed by atoms with Crippen LogP contribution in [0.15, 0.2) is 36.0 Å². The van der Waals surface area contributed by atoms with Crippen molar-refractivity contribution in [2.45, 2.75) is 40.0 Å². The minimum absolute atomic E-state index is 0.0743. The molecule has 1 aromatic heterocycles. The Kier molecular flexibility index (Phi) is 3.81. The fourth-order valence-corrected chi connectivity index (χ4v) is 3.46. The Labute approximate surface area is 131 Å². The Morgan fingerprint density at radius 1 is 1.23 bits per heavy atom. The van der Waals surface area contributed by atoms with Gasteiger partial charge in [-0.2, -0.15) is 0 Å². The van der Waals surface area contributed by atoms with Gasteiger partial charge in [0.25, 0.3) is 0 Å². The number of aromatic nitrogens is 1. The number of fused-ring (bicyclic) bond motifs is 1. The zero-order valence-electron chi connectivity index (χ0n) is 13.6. The molecule has 1 heterocycles. The van der Waals surface area contributed by atoms with Crippen LogP contribution in [0.25, 0.3) is 10.9 Å². The third-order valence-electron chi connectivity index (χ3n) is 4.41. The third-order valence-corrected chi connectivity index (χ3v) is 4.41. The maximum absolute atomic E-state index is 11.8. The first-order valence-electron chi connectivity index (χ1n) is 7.98. The zero-order chi connectivity index (χ0) is 15.7. The topological polar surface area (TPSA) is 44.9 Å². The second-order valence-corrected chi connectivity index (χ2v) is 7.10. The summed E-state index contributed by atoms with van der Waals surface area (Å²) in [5.41, 5.74) is 4.95. The molecule has 0 fully saturated rings. The van der Waals surface area contributed by atoms with E-state index < -0.39 is 0 Å². The van der Waals surface area contributed by atoms with Gasteiger partial charge < -0.3 is 10.3 Å². The monoisotopic (exact) mass is 296 g/mol. The number of H-pyrrole nitrogens is 1. The molecule has 3 nitrogen and oxygen atoms in total. The number of benzene rings is 1. The Hall–Kier alpha value is -2.03. The molecule has 0 amide bonds. The van der Waals surface area contributed by atoms with Crippen molar-refractivity contribution in [2.75, 3.05) is 6.54 Å². The summed E-state index contributed by atoms with van der Waals surface area (Å²) < 4.78 is 0. The lowest BCUT2D eigenvalue weighted by atomic mass is 9.79. The molecule has 1 aliphatic rings. The highest BCUT2D eigenvalue weighted by Crippen LogP contribution is 2.32. The summed E-state index contributed by atoms with van der Waals surface area (Å²) in [4.78, 5) is 15.2. The first-order chi connectivity index (χ1) is 10.4. The smallest absolute Gasteiger partial charge is 0.157 e. The summed E-state index contributed by atoms with van der Waals surface area (Å²) in [6.45, 7) is 7.30. The number of carbonyl (C=O) groups excluding carboxylic acids is 1. The van der Waals surface area contributed by atoms with E-state index in [-0.39, 0.29) is 11.2 Å². The van der Waals surface area contributed by atoms with E-state index in [0.29, 0.717) is 6.42 Å². The van der Waals surface area contributed by atoms with E-state index in [0.717, 1.165) is 25.1 Å². The van der Waals surface area contributed by atoms with E-state index in [2.05, 4.69) is 55.3 Å². The van der Waals surface area contributed by atoms with Crippen LogP contribution < -0.4 is 5.32 Å². The van der Waals surface area contributed by atoms with Crippen molar-refractivity contribution in [1.29, 1.82) is 0 Å². The average molecular weight is 296 g/mol. The second-order valence-electron chi connectivity index (χ2n) is 7.10. The van der Waals surface area contributed by atoms with Gasteiger partial charge in [-0.3, -0.25) is 4.79 Å². The first kappa shape index (κ1) is 14.9. The molecule has 116 valence electrons. The van der Waals surface area contributed by atoms with Gasteiger partial charge in [0, 0.05) is 41.3 Å². The molecule has 0 saturated heterocycles. The average Bonchev–Trinajstić information content (AvgIpc) is 2.73. The highest BCUT2D eigenvalue weighted by Gasteiger charge is 2.27. The maximum Gasteiger partial charge on any atom is 0.157 e. The molecule has 0 radical (unpaired) electrons. The van der Waals surface area contributed by atoms with Gasteiger partial charge in [-0.1, -0.05) is 32.0 Å². The third kappa shape index (κ3) is 3.08. The van der Waals surface area contributed by atoms with E-state index in [9.17, 15) is 4.79 Å². The molecular weight excluding hydrogens is 272 g/mol. The van der Waals surface area contributed by atoms with Gasteiger partial charge in [-0.15, -0.1) is 0 Å². The normalized spacial score (nSPS) is 17.6. The predicted molar refractivity (Wildman–Crippen MR) is 90.8 cm³/mol. The van der Waals surface area contributed by atoms with E-state index in [1.54, 1.807) is 6.08 Å². The number of hydrogen-bond acceptors (Lipinski definition) is 2. The molecule has 1 aromatic carbocycles. The summed E-state index contributed by atoms with van der Waals surface area (Å²) in [7, 11) is 0. The van der Waals surface area contributed by atoms with Crippen LogP contribution in [-0.2, 0) is 11.2 Å². The highest BCUT2D eigenvalue weighted by molar-refractivity contribution is 5.91. The van der Waals surface area contributed by atoms with Crippen LogP contribution >= 0.6 is 0 Å². The molecule has 2 aromatic rings. The van der Waals surface area contributed by atoms with E-state index in [1.165, 1.54) is 22.2 Å². The lowest BCUT2D eigenvalue weighted by Gasteiger charge is -2.29. The van der Waals surface area contributed by atoms with Gasteiger partial charge in [0.05, 0.1) is 0 Å². The number of carbonyl (C=O) groups is 1. The number of para-hydroxylation sites is 1. The molecule has 1 aliphatic carbocycles. The fourth-order valence-electron chi connectivity index (χ4n) is 3.46. The molecule has 3 heteroatoms. The lowest BCUT2D eigenvalue weighted by molar-refractivity contribution is -0.117. The highest BCUT2D eigenvalue weighted by atomic mass is 16.1. The Bertz CT molecular complexity index is 737. The van der Waals surface area contributed by atoms with Crippen molar-refractivity contribution in [3.8, 4) is 0 Å². The largest absolute Gasteiger partial charge is 0.388 e. The number of aryl methyl sites for hydroxylation is 1. The van der Waals surface area contributed by atoms with Crippen molar-refractivity contribution in [3.63, 3.8) is 0 Å². The quantitative estimate of drug-likeness (QED) is 0.899. The predicted octanol–water partition coefficient (Wildman–Crippen LogP) is 3.88. The molecule has 0 unspecified atom stereocenters. The summed E-state index contributed by atoms with van der Waals surface area (Å²) in [5.74, 6) is 0.238. The molecule has 22 heavy (non-hydrogen) atoms. The molecule has 0 bridgehead atoms. The van der Waals surface area contributed by atoms with Gasteiger partial charge >= 0.3 is 0 Å². The molecule has 0 saturated carbocycles. The summed E-state index contributed by atoms with van der Waals surface area (Å²) in [6.07, 6.45) is 4.35. The van der Waals surface area contributed by atoms with Crippen molar-refractivity contribution in [1.82, 2.24) is 10.3 Å². The second kappa shape index (κ2) is 5.64. The number of allylic oxidation sites excluding steroid dienone is 2. The van der Waals surface area contributed by atoms with Gasteiger partial charge in [0.15, 0.2) is 5.78 Å². The molecule has 2 N–H and O–H groups in total. The fraction of sp³-hybridized carbons (Fsp3) is 0.421. The van der Waals surface area contributed by atoms with Crippen molar-refractivity contribution in [2.24, 2.45) is 5.41 Å². The molecule has 0 spiro atoms. The SMILES string of the molecule is Cc1[nH]c2ccccc2c1CCNC1=CC(=O)CC(C)(C)C1. The minimum atomic E-state index is 0.0743. The van der Waals surface area contributed by atoms with E-state index >= 15 is 0 Å². The van der Waals surface area contributed by atoms with Gasteiger partial charge in [-0.05, 0) is 36.8 Å². The maximum atomic E-state index is 11.8.